The lowest BCUT2D eigenvalue weighted by atomic mass is 9.98. The van der Waals surface area contributed by atoms with Gasteiger partial charge in [-0.15, -0.1) is 0 Å². The van der Waals surface area contributed by atoms with Crippen molar-refractivity contribution in [3.63, 3.8) is 0 Å². The molecular formula is C23H44N4O5. The van der Waals surface area contributed by atoms with E-state index in [0.29, 0.717) is 19.3 Å². The van der Waals surface area contributed by atoms with Gasteiger partial charge in [-0.05, 0) is 42.9 Å². The molecule has 3 amide bonds. The second-order valence-electron chi connectivity index (χ2n) is 10.2. The van der Waals surface area contributed by atoms with E-state index < -0.39 is 47.9 Å². The number of carbonyl (C=O) groups is 4. The number of carboxylic acids is 1. The Hall–Kier alpha value is -2.16. The maximum atomic E-state index is 13.0. The SMILES string of the molecule is CC(C)C[C@H](NC(=O)[C@H](CC(C)C)NC(=O)[C@@H](N)CC(C)C)C(=O)N[C@H](C(=O)O)C(C)C. The smallest absolute Gasteiger partial charge is 0.326 e. The van der Waals surface area contributed by atoms with Crippen LogP contribution >= 0.6 is 0 Å². The Morgan fingerprint density at radius 2 is 1.03 bits per heavy atom. The third kappa shape index (κ3) is 11.5. The van der Waals surface area contributed by atoms with Gasteiger partial charge in [0.25, 0.3) is 0 Å². The van der Waals surface area contributed by atoms with Gasteiger partial charge in [-0.2, -0.15) is 0 Å². The molecule has 0 saturated carbocycles. The van der Waals surface area contributed by atoms with Crippen LogP contribution < -0.4 is 21.7 Å². The molecule has 9 nitrogen and oxygen atoms in total. The van der Waals surface area contributed by atoms with E-state index in [-0.39, 0.29) is 23.7 Å². The van der Waals surface area contributed by atoms with Crippen molar-refractivity contribution in [2.24, 2.45) is 29.4 Å². The fraction of sp³-hybridized carbons (Fsp3) is 0.826. The first-order valence-electron chi connectivity index (χ1n) is 11.5. The lowest BCUT2D eigenvalue weighted by Gasteiger charge is -2.27. The van der Waals surface area contributed by atoms with E-state index >= 15 is 0 Å². The Morgan fingerprint density at radius 1 is 0.656 bits per heavy atom. The van der Waals surface area contributed by atoms with Gasteiger partial charge in [0, 0.05) is 0 Å². The van der Waals surface area contributed by atoms with Crippen LogP contribution in [0.25, 0.3) is 0 Å². The van der Waals surface area contributed by atoms with Crippen molar-refractivity contribution in [1.29, 1.82) is 0 Å². The van der Waals surface area contributed by atoms with E-state index in [1.54, 1.807) is 13.8 Å². The predicted molar refractivity (Wildman–Crippen MR) is 125 cm³/mol. The molecule has 4 atom stereocenters. The van der Waals surface area contributed by atoms with Crippen LogP contribution in [0.2, 0.25) is 0 Å². The highest BCUT2D eigenvalue weighted by molar-refractivity contribution is 5.94. The van der Waals surface area contributed by atoms with Crippen LogP contribution in [-0.4, -0.2) is 53.0 Å². The molecule has 6 N–H and O–H groups in total. The predicted octanol–water partition coefficient (Wildman–Crippen LogP) is 1.65. The fourth-order valence-corrected chi connectivity index (χ4v) is 3.34. The number of rotatable bonds is 14. The maximum absolute atomic E-state index is 13.0. The molecular weight excluding hydrogens is 412 g/mol. The molecule has 0 fully saturated rings. The molecule has 0 saturated heterocycles. The Bertz CT molecular complexity index is 634. The number of carboxylic acid groups (broad SMARTS) is 1. The van der Waals surface area contributed by atoms with Crippen molar-refractivity contribution in [1.82, 2.24) is 16.0 Å². The molecule has 0 rings (SSSR count). The van der Waals surface area contributed by atoms with Gasteiger partial charge in [-0.3, -0.25) is 14.4 Å². The van der Waals surface area contributed by atoms with Crippen LogP contribution in [0.3, 0.4) is 0 Å². The molecule has 0 aromatic heterocycles. The van der Waals surface area contributed by atoms with E-state index in [2.05, 4.69) is 16.0 Å². The molecule has 0 aliphatic heterocycles. The standard InChI is InChI=1S/C23H44N4O5/c1-12(2)9-16(24)20(28)25-17(10-13(3)4)21(29)26-18(11-14(5)6)22(30)27-19(15(7)8)23(31)32/h12-19H,9-11,24H2,1-8H3,(H,25,28)(H,26,29)(H,27,30)(H,31,32)/t16-,17-,18-,19-/m0/s1. The zero-order valence-corrected chi connectivity index (χ0v) is 20.9. The summed E-state index contributed by atoms with van der Waals surface area (Å²) >= 11 is 0. The third-order valence-electron chi connectivity index (χ3n) is 4.97. The zero-order chi connectivity index (χ0) is 25.2. The summed E-state index contributed by atoms with van der Waals surface area (Å²) in [7, 11) is 0. The summed E-state index contributed by atoms with van der Waals surface area (Å²) in [6.07, 6.45) is 1.20. The number of nitrogens with two attached hydrogens (primary N) is 1. The van der Waals surface area contributed by atoms with Gasteiger partial charge < -0.3 is 26.8 Å². The summed E-state index contributed by atoms with van der Waals surface area (Å²) in [5.74, 6) is -2.48. The van der Waals surface area contributed by atoms with E-state index in [4.69, 9.17) is 5.73 Å². The molecule has 32 heavy (non-hydrogen) atoms. The molecule has 0 spiro atoms. The molecule has 0 aliphatic carbocycles. The van der Waals surface area contributed by atoms with Gasteiger partial charge in [-0.25, -0.2) is 4.79 Å². The average molecular weight is 457 g/mol. The van der Waals surface area contributed by atoms with Crippen LogP contribution in [0.1, 0.15) is 74.7 Å². The Kier molecular flexibility index (Phi) is 13.1. The highest BCUT2D eigenvalue weighted by Crippen LogP contribution is 2.11. The number of amides is 3. The molecule has 0 aromatic rings. The molecule has 0 bridgehead atoms. The number of hydrogen-bond donors (Lipinski definition) is 5. The van der Waals surface area contributed by atoms with Gasteiger partial charge in [-0.1, -0.05) is 55.4 Å². The first kappa shape index (κ1) is 29.8. The van der Waals surface area contributed by atoms with Gasteiger partial charge in [0.2, 0.25) is 17.7 Å². The second kappa shape index (κ2) is 14.1. The number of aliphatic carboxylic acids is 1. The summed E-state index contributed by atoms with van der Waals surface area (Å²) in [4.78, 5) is 49.9. The third-order valence-corrected chi connectivity index (χ3v) is 4.97. The quantitative estimate of drug-likeness (QED) is 0.268. The van der Waals surface area contributed by atoms with Crippen LogP contribution in [0, 0.1) is 23.7 Å². The summed E-state index contributed by atoms with van der Waals surface area (Å²) in [5.41, 5.74) is 5.96. The highest BCUT2D eigenvalue weighted by Gasteiger charge is 2.32. The first-order chi connectivity index (χ1) is 14.6. The van der Waals surface area contributed by atoms with E-state index in [1.807, 2.05) is 41.5 Å². The monoisotopic (exact) mass is 456 g/mol. The lowest BCUT2D eigenvalue weighted by molar-refractivity contribution is -0.143. The summed E-state index contributed by atoms with van der Waals surface area (Å²) < 4.78 is 0. The van der Waals surface area contributed by atoms with E-state index in [9.17, 15) is 24.3 Å². The van der Waals surface area contributed by atoms with Crippen LogP contribution in [0.5, 0.6) is 0 Å². The van der Waals surface area contributed by atoms with Gasteiger partial charge in [0.1, 0.15) is 18.1 Å². The summed E-state index contributed by atoms with van der Waals surface area (Å²) in [6, 6.07) is -3.55. The topological polar surface area (TPSA) is 151 Å². The van der Waals surface area contributed by atoms with Gasteiger partial charge >= 0.3 is 5.97 Å². The van der Waals surface area contributed by atoms with Crippen LogP contribution in [0.4, 0.5) is 0 Å². The van der Waals surface area contributed by atoms with E-state index in [0.717, 1.165) is 0 Å². The van der Waals surface area contributed by atoms with Crippen LogP contribution in [-0.2, 0) is 19.2 Å². The minimum absolute atomic E-state index is 0.0750. The molecule has 0 aromatic carbocycles. The molecule has 0 heterocycles. The van der Waals surface area contributed by atoms with Crippen molar-refractivity contribution >= 4 is 23.7 Å². The van der Waals surface area contributed by atoms with Crippen molar-refractivity contribution < 1.29 is 24.3 Å². The Labute approximate surface area is 192 Å². The first-order valence-corrected chi connectivity index (χ1v) is 11.5. The minimum Gasteiger partial charge on any atom is -0.480 e. The average Bonchev–Trinajstić information content (AvgIpc) is 2.62. The highest BCUT2D eigenvalue weighted by atomic mass is 16.4. The van der Waals surface area contributed by atoms with Crippen molar-refractivity contribution in [2.75, 3.05) is 0 Å². The Morgan fingerprint density at radius 3 is 1.38 bits per heavy atom. The fourth-order valence-electron chi connectivity index (χ4n) is 3.34. The summed E-state index contributed by atoms with van der Waals surface area (Å²) in [5, 5.41) is 17.4. The van der Waals surface area contributed by atoms with Gasteiger partial charge in [0.05, 0.1) is 6.04 Å². The van der Waals surface area contributed by atoms with E-state index in [1.165, 1.54) is 0 Å². The number of hydrogen-bond acceptors (Lipinski definition) is 5. The zero-order valence-electron chi connectivity index (χ0n) is 20.9. The lowest BCUT2D eigenvalue weighted by Crippen LogP contribution is -2.58. The van der Waals surface area contributed by atoms with Crippen molar-refractivity contribution in [2.45, 2.75) is 98.8 Å². The largest absolute Gasteiger partial charge is 0.480 e. The molecule has 0 aliphatic rings. The molecule has 0 radical (unpaired) electrons. The number of carbonyl (C=O) groups excluding carboxylic acids is 3. The minimum atomic E-state index is -1.13. The summed E-state index contributed by atoms with van der Waals surface area (Å²) in [6.45, 7) is 15.0. The molecule has 9 heteroatoms. The van der Waals surface area contributed by atoms with Gasteiger partial charge in [0.15, 0.2) is 0 Å². The van der Waals surface area contributed by atoms with Crippen molar-refractivity contribution in [3.05, 3.63) is 0 Å². The normalized spacial score (nSPS) is 15.4. The molecule has 0 unspecified atom stereocenters. The van der Waals surface area contributed by atoms with Crippen molar-refractivity contribution in [3.8, 4) is 0 Å². The van der Waals surface area contributed by atoms with Crippen LogP contribution in [0.15, 0.2) is 0 Å². The Balaban J connectivity index is 5.49. The maximum Gasteiger partial charge on any atom is 0.326 e. The second-order valence-corrected chi connectivity index (χ2v) is 10.2. The number of nitrogens with one attached hydrogen (secondary N) is 3. The molecule has 186 valence electrons.